The first kappa shape index (κ1) is 23.2. The fourth-order valence-corrected chi connectivity index (χ4v) is 5.72. The van der Waals surface area contributed by atoms with Crippen molar-refractivity contribution < 1.29 is 17.9 Å². The second-order valence-electron chi connectivity index (χ2n) is 8.75. The Bertz CT molecular complexity index is 1090. The molecule has 0 N–H and O–H groups in total. The molecule has 0 bridgehead atoms. The summed E-state index contributed by atoms with van der Waals surface area (Å²) in [5.74, 6) is 1.57. The van der Waals surface area contributed by atoms with Gasteiger partial charge in [0.15, 0.2) is 17.0 Å². The molecule has 0 amide bonds. The van der Waals surface area contributed by atoms with Crippen LogP contribution in [-0.2, 0) is 26.0 Å². The highest BCUT2D eigenvalue weighted by Crippen LogP contribution is 2.33. The molecule has 5 rings (SSSR count). The maximum atomic E-state index is 11.9. The number of hydrogen-bond acceptors (Lipinski definition) is 9. The van der Waals surface area contributed by atoms with E-state index in [9.17, 15) is 8.42 Å². The summed E-state index contributed by atoms with van der Waals surface area (Å²) in [6.07, 6.45) is 4.11. The van der Waals surface area contributed by atoms with Crippen LogP contribution in [-0.4, -0.2) is 102 Å². The molecule has 33 heavy (non-hydrogen) atoms. The zero-order valence-corrected chi connectivity index (χ0v) is 20.4. The van der Waals surface area contributed by atoms with Crippen molar-refractivity contribution in [3.63, 3.8) is 0 Å². The molecule has 0 spiro atoms. The number of rotatable bonds is 5. The quantitative estimate of drug-likeness (QED) is 0.559. The molecule has 3 saturated heterocycles. The summed E-state index contributed by atoms with van der Waals surface area (Å²) in [6.45, 7) is 6.22. The van der Waals surface area contributed by atoms with E-state index in [-0.39, 0.29) is 11.5 Å². The van der Waals surface area contributed by atoms with Gasteiger partial charge < -0.3 is 14.4 Å². The molecule has 2 aromatic rings. The van der Waals surface area contributed by atoms with Gasteiger partial charge in [0.05, 0.1) is 26.0 Å². The average Bonchev–Trinajstić information content (AvgIpc) is 3.17. The molecule has 182 valence electrons. The van der Waals surface area contributed by atoms with Crippen molar-refractivity contribution in [3.05, 3.63) is 11.1 Å². The smallest absolute Gasteiger partial charge is 0.226 e. The molecule has 2 aromatic heterocycles. The van der Waals surface area contributed by atoms with E-state index in [2.05, 4.69) is 24.3 Å². The lowest BCUT2D eigenvalue weighted by Gasteiger charge is -2.33. The molecule has 3 fully saturated rings. The number of hydrogen-bond donors (Lipinski definition) is 0. The van der Waals surface area contributed by atoms with Gasteiger partial charge in [0.2, 0.25) is 15.3 Å². The number of aromatic nitrogens is 4. The summed E-state index contributed by atoms with van der Waals surface area (Å²) < 4.78 is 39.0. The molecule has 1 atom stereocenters. The predicted molar refractivity (Wildman–Crippen MR) is 124 cm³/mol. The number of fused-ring (bicyclic) bond motifs is 1. The van der Waals surface area contributed by atoms with E-state index < -0.39 is 10.0 Å². The van der Waals surface area contributed by atoms with Gasteiger partial charge in [-0.1, -0.05) is 0 Å². The number of anilines is 1. The predicted octanol–water partition coefficient (Wildman–Crippen LogP) is 1.09. The zero-order valence-electron chi connectivity index (χ0n) is 18.8. The summed E-state index contributed by atoms with van der Waals surface area (Å²) in [4.78, 5) is 18.5. The van der Waals surface area contributed by atoms with E-state index in [0.717, 1.165) is 49.5 Å². The van der Waals surface area contributed by atoms with Crippen LogP contribution in [0.25, 0.3) is 11.2 Å². The fourth-order valence-electron chi connectivity index (χ4n) is 4.74. The van der Waals surface area contributed by atoms with E-state index in [1.807, 2.05) is 0 Å². The van der Waals surface area contributed by atoms with Crippen molar-refractivity contribution in [2.45, 2.75) is 32.0 Å². The van der Waals surface area contributed by atoms with Crippen LogP contribution in [0.5, 0.6) is 0 Å². The second kappa shape index (κ2) is 9.59. The van der Waals surface area contributed by atoms with Crippen molar-refractivity contribution in [2.24, 2.45) is 0 Å². The molecular formula is C20H30ClN7O4S. The van der Waals surface area contributed by atoms with Gasteiger partial charge >= 0.3 is 0 Å². The third-order valence-corrected chi connectivity index (χ3v) is 7.96. The number of halogens is 1. The maximum absolute atomic E-state index is 11.9. The van der Waals surface area contributed by atoms with Gasteiger partial charge in [-0.2, -0.15) is 14.3 Å². The second-order valence-corrected chi connectivity index (χ2v) is 11.1. The van der Waals surface area contributed by atoms with Crippen LogP contribution in [0.2, 0.25) is 5.28 Å². The summed E-state index contributed by atoms with van der Waals surface area (Å²) in [5.41, 5.74) is 1.41. The number of sulfonamides is 1. The Morgan fingerprint density at radius 3 is 2.42 bits per heavy atom. The first-order valence-electron chi connectivity index (χ1n) is 11.5. The topological polar surface area (TPSA) is 106 Å². The Kier molecular flexibility index (Phi) is 6.74. The molecule has 13 heteroatoms. The molecule has 0 saturated carbocycles. The molecular weight excluding hydrogens is 470 g/mol. The van der Waals surface area contributed by atoms with Gasteiger partial charge in [-0.05, 0) is 30.9 Å². The standard InChI is InChI=1S/C20H30ClN7O4S/c1-33(29,30)27-7-5-25(6-8-27)14-15-22-17-18(26-9-12-31-13-10-26)23-20(21)24-19(17)28(15)16-4-2-3-11-32-16/h16H,2-14H2,1H3. The molecule has 0 aliphatic carbocycles. The number of piperazine rings is 1. The molecule has 5 heterocycles. The van der Waals surface area contributed by atoms with Gasteiger partial charge in [0.1, 0.15) is 12.1 Å². The summed E-state index contributed by atoms with van der Waals surface area (Å²) in [5, 5.41) is 0.189. The highest BCUT2D eigenvalue weighted by molar-refractivity contribution is 7.88. The lowest BCUT2D eigenvalue weighted by molar-refractivity contribution is -0.0324. The Hall–Kier alpha value is -1.57. The SMILES string of the molecule is CS(=O)(=O)N1CCN(Cc2nc3c(N4CCOCC4)nc(Cl)nc3n2C2CCCCO2)CC1. The largest absolute Gasteiger partial charge is 0.378 e. The minimum Gasteiger partial charge on any atom is -0.378 e. The van der Waals surface area contributed by atoms with Crippen molar-refractivity contribution in [1.29, 1.82) is 0 Å². The minimum atomic E-state index is -3.17. The van der Waals surface area contributed by atoms with Crippen LogP contribution < -0.4 is 4.90 Å². The van der Waals surface area contributed by atoms with Gasteiger partial charge in [-0.25, -0.2) is 13.4 Å². The molecule has 1 unspecified atom stereocenters. The van der Waals surface area contributed by atoms with E-state index in [1.54, 1.807) is 0 Å². The van der Waals surface area contributed by atoms with E-state index in [1.165, 1.54) is 10.6 Å². The first-order valence-corrected chi connectivity index (χ1v) is 13.7. The van der Waals surface area contributed by atoms with Crippen LogP contribution in [0.3, 0.4) is 0 Å². The van der Waals surface area contributed by atoms with Crippen LogP contribution in [0.15, 0.2) is 0 Å². The fraction of sp³-hybridized carbons (Fsp3) is 0.750. The third-order valence-electron chi connectivity index (χ3n) is 6.49. The normalized spacial score (nSPS) is 23.9. The monoisotopic (exact) mass is 499 g/mol. The Labute approximate surface area is 198 Å². The number of morpholine rings is 1. The van der Waals surface area contributed by atoms with E-state index >= 15 is 0 Å². The van der Waals surface area contributed by atoms with Crippen LogP contribution in [0.1, 0.15) is 31.3 Å². The zero-order chi connectivity index (χ0) is 23.0. The van der Waals surface area contributed by atoms with Crippen molar-refractivity contribution in [1.82, 2.24) is 28.7 Å². The molecule has 11 nitrogen and oxygen atoms in total. The van der Waals surface area contributed by atoms with E-state index in [4.69, 9.17) is 26.1 Å². The number of nitrogens with zero attached hydrogens (tertiary/aromatic N) is 7. The van der Waals surface area contributed by atoms with Gasteiger partial charge in [0.25, 0.3) is 0 Å². The van der Waals surface area contributed by atoms with Gasteiger partial charge in [-0.15, -0.1) is 0 Å². The number of ether oxygens (including phenoxy) is 2. The summed E-state index contributed by atoms with van der Waals surface area (Å²) >= 11 is 6.38. The summed E-state index contributed by atoms with van der Waals surface area (Å²) in [6, 6.07) is 0. The lowest BCUT2D eigenvalue weighted by Crippen LogP contribution is -2.48. The Morgan fingerprint density at radius 2 is 1.76 bits per heavy atom. The van der Waals surface area contributed by atoms with E-state index in [0.29, 0.717) is 58.2 Å². The lowest BCUT2D eigenvalue weighted by atomic mass is 10.2. The van der Waals surface area contributed by atoms with Crippen molar-refractivity contribution in [2.75, 3.05) is 70.2 Å². The molecule has 0 radical (unpaired) electrons. The molecule has 0 aromatic carbocycles. The van der Waals surface area contributed by atoms with Gasteiger partial charge in [0, 0.05) is 45.9 Å². The highest BCUT2D eigenvalue weighted by Gasteiger charge is 2.30. The van der Waals surface area contributed by atoms with Gasteiger partial charge in [-0.3, -0.25) is 9.47 Å². The molecule has 3 aliphatic rings. The Morgan fingerprint density at radius 1 is 1.00 bits per heavy atom. The highest BCUT2D eigenvalue weighted by atomic mass is 35.5. The Balaban J connectivity index is 1.50. The summed E-state index contributed by atoms with van der Waals surface area (Å²) in [7, 11) is -3.17. The molecule has 3 aliphatic heterocycles. The number of imidazole rings is 1. The van der Waals surface area contributed by atoms with Crippen molar-refractivity contribution in [3.8, 4) is 0 Å². The van der Waals surface area contributed by atoms with Crippen LogP contribution >= 0.6 is 11.6 Å². The average molecular weight is 500 g/mol. The maximum Gasteiger partial charge on any atom is 0.226 e. The first-order chi connectivity index (χ1) is 15.9. The van der Waals surface area contributed by atoms with Crippen LogP contribution in [0, 0.1) is 0 Å². The van der Waals surface area contributed by atoms with Crippen LogP contribution in [0.4, 0.5) is 5.82 Å². The van der Waals surface area contributed by atoms with Crippen molar-refractivity contribution >= 4 is 38.6 Å². The minimum absolute atomic E-state index is 0.153. The third kappa shape index (κ3) is 4.96.